The van der Waals surface area contributed by atoms with Crippen molar-refractivity contribution in [2.45, 2.75) is 129 Å². The van der Waals surface area contributed by atoms with Crippen LogP contribution in [-0.2, 0) is 50.9 Å². The molecule has 16 nitrogen and oxygen atoms in total. The van der Waals surface area contributed by atoms with E-state index in [-0.39, 0.29) is 67.4 Å². The minimum absolute atomic E-state index is 0.0156. The molecule has 6 amide bonds. The van der Waals surface area contributed by atoms with Gasteiger partial charge < -0.3 is 40.7 Å². The van der Waals surface area contributed by atoms with Crippen molar-refractivity contribution in [3.8, 4) is 10.4 Å². The number of nitrogens with one attached hydrogen (secondary N) is 4. The number of benzene rings is 3. The minimum atomic E-state index is -0.946. The summed E-state index contributed by atoms with van der Waals surface area (Å²) in [6.45, 7) is 10.3. The van der Waals surface area contributed by atoms with E-state index in [2.05, 4.69) is 41.8 Å². The number of carbonyl (C=O) groups is 6. The monoisotopic (exact) mass is 1010 g/mol. The lowest BCUT2D eigenvalue weighted by Crippen LogP contribution is -2.57. The van der Waals surface area contributed by atoms with Gasteiger partial charge in [0.1, 0.15) is 17.8 Å². The van der Waals surface area contributed by atoms with Crippen LogP contribution in [-0.4, -0.2) is 110 Å². The molecule has 2 aliphatic heterocycles. The summed E-state index contributed by atoms with van der Waals surface area (Å²) in [4.78, 5) is 90.6. The predicted octanol–water partition coefficient (Wildman–Crippen LogP) is 6.75. The third-order valence-corrected chi connectivity index (χ3v) is 15.5. The van der Waals surface area contributed by atoms with Gasteiger partial charge in [-0.25, -0.2) is 4.98 Å². The third-order valence-electron chi connectivity index (χ3n) is 14.5. The van der Waals surface area contributed by atoms with Crippen LogP contribution < -0.4 is 21.3 Å². The zero-order valence-electron chi connectivity index (χ0n) is 42.8. The molecule has 17 heteroatoms. The number of thiazole rings is 1. The zero-order chi connectivity index (χ0) is 52.0. The van der Waals surface area contributed by atoms with Gasteiger partial charge in [0.25, 0.3) is 11.8 Å². The number of likely N-dealkylation sites (tertiary alicyclic amines) is 1. The van der Waals surface area contributed by atoms with Crippen LogP contribution in [0, 0.1) is 12.3 Å². The molecule has 3 atom stereocenters. The first-order chi connectivity index (χ1) is 34.9. The molecule has 386 valence electrons. The first kappa shape index (κ1) is 52.6. The van der Waals surface area contributed by atoms with Crippen LogP contribution in [0.4, 0.5) is 5.69 Å². The summed E-state index contributed by atoms with van der Waals surface area (Å²) in [5, 5.41) is 22.4. The molecule has 4 heterocycles. The lowest BCUT2D eigenvalue weighted by atomic mass is 9.71. The number of aliphatic hydroxyl groups is 1. The number of aromatic nitrogens is 2. The number of carbonyl (C=O) groups excluding carboxylic acids is 6. The number of β-amino-alcohol motifs (C(OH)–C–C–N with tert-alkyl or cyclic N) is 1. The highest BCUT2D eigenvalue weighted by Crippen LogP contribution is 2.49. The average Bonchev–Trinajstić information content (AvgIpc) is 4.11. The van der Waals surface area contributed by atoms with Crippen LogP contribution in [0.2, 0.25) is 0 Å². The van der Waals surface area contributed by atoms with Crippen molar-refractivity contribution in [3.63, 3.8) is 0 Å². The Morgan fingerprint density at radius 2 is 1.47 bits per heavy atom. The Morgan fingerprint density at radius 1 is 0.822 bits per heavy atom. The number of aryl methyl sites for hydroxylation is 1. The number of hydrogen-bond donors (Lipinski definition) is 5. The van der Waals surface area contributed by atoms with Gasteiger partial charge in [0, 0.05) is 89.6 Å². The van der Waals surface area contributed by atoms with Gasteiger partial charge >= 0.3 is 0 Å². The normalized spacial score (nSPS) is 17.5. The topological polar surface area (TPSA) is 198 Å². The SMILES string of the molecule is Cc1ncsc1-c1ccc(CNC(=O)[C@@H]2C[C@@H](O)CN2C(=O)[C@@H](NC(=O)CCCCC(=O)Nc2ccc(CNC(=O)c3ccc4n3CCN(Cc3ccc(C(=O)N(C)C)cc3)C43CCC3)cc2)C(C)(C)C)cc1. The van der Waals surface area contributed by atoms with Crippen LogP contribution in [0.15, 0.2) is 90.4 Å². The lowest BCUT2D eigenvalue weighted by molar-refractivity contribution is -0.144. The molecule has 0 bridgehead atoms. The number of anilines is 1. The fourth-order valence-electron chi connectivity index (χ4n) is 10.2. The molecule has 1 saturated heterocycles. The fourth-order valence-corrected chi connectivity index (χ4v) is 11.1. The van der Waals surface area contributed by atoms with Gasteiger partial charge in [-0.3, -0.25) is 33.7 Å². The Hall–Kier alpha value is -6.69. The van der Waals surface area contributed by atoms with Crippen molar-refractivity contribution in [2.75, 3.05) is 32.5 Å². The molecule has 1 aliphatic carbocycles. The molecular formula is C56H69N9O7S. The number of unbranched alkanes of at least 4 members (excludes halogenated alkanes) is 1. The Labute approximate surface area is 431 Å². The maximum atomic E-state index is 14.1. The van der Waals surface area contributed by atoms with E-state index >= 15 is 0 Å². The maximum Gasteiger partial charge on any atom is 0.268 e. The highest BCUT2D eigenvalue weighted by atomic mass is 32.1. The third kappa shape index (κ3) is 12.2. The van der Waals surface area contributed by atoms with E-state index in [0.717, 1.165) is 65.2 Å². The minimum Gasteiger partial charge on any atom is -0.391 e. The summed E-state index contributed by atoms with van der Waals surface area (Å²) in [5.41, 5.74) is 9.04. The summed E-state index contributed by atoms with van der Waals surface area (Å²) in [6, 6.07) is 25.3. The molecule has 0 unspecified atom stereocenters. The Morgan fingerprint density at radius 3 is 2.08 bits per heavy atom. The van der Waals surface area contributed by atoms with Crippen molar-refractivity contribution in [1.82, 2.24) is 40.2 Å². The molecule has 5 N–H and O–H groups in total. The van der Waals surface area contributed by atoms with Crippen molar-refractivity contribution >= 4 is 52.5 Å². The zero-order valence-corrected chi connectivity index (χ0v) is 43.6. The fraction of sp³-hybridized carbons (Fsp3) is 0.446. The number of fused-ring (bicyclic) bond motifs is 2. The van der Waals surface area contributed by atoms with Crippen molar-refractivity contribution < 1.29 is 33.9 Å². The molecule has 0 radical (unpaired) electrons. The van der Waals surface area contributed by atoms with Gasteiger partial charge in [0.2, 0.25) is 23.6 Å². The van der Waals surface area contributed by atoms with Crippen LogP contribution in [0.3, 0.4) is 0 Å². The van der Waals surface area contributed by atoms with Crippen LogP contribution in [0.25, 0.3) is 10.4 Å². The van der Waals surface area contributed by atoms with Crippen LogP contribution in [0.5, 0.6) is 0 Å². The smallest absolute Gasteiger partial charge is 0.268 e. The van der Waals surface area contributed by atoms with E-state index in [1.165, 1.54) is 10.6 Å². The highest BCUT2D eigenvalue weighted by molar-refractivity contribution is 7.13. The summed E-state index contributed by atoms with van der Waals surface area (Å²) in [6.07, 6.45) is 3.56. The first-order valence-corrected chi connectivity index (χ1v) is 26.3. The molecule has 2 fully saturated rings. The van der Waals surface area contributed by atoms with E-state index in [0.29, 0.717) is 42.9 Å². The number of aliphatic hydroxyl groups excluding tert-OH is 1. The molecule has 3 aromatic carbocycles. The second kappa shape index (κ2) is 22.6. The Kier molecular flexibility index (Phi) is 16.3. The Bertz CT molecular complexity index is 2790. The van der Waals surface area contributed by atoms with E-state index in [9.17, 15) is 33.9 Å². The molecule has 1 spiro atoms. The second-order valence-electron chi connectivity index (χ2n) is 21.0. The number of amides is 6. The van der Waals surface area contributed by atoms with Crippen LogP contribution >= 0.6 is 11.3 Å². The number of rotatable bonds is 18. The predicted molar refractivity (Wildman–Crippen MR) is 281 cm³/mol. The highest BCUT2D eigenvalue weighted by Gasteiger charge is 2.49. The molecular weight excluding hydrogens is 943 g/mol. The van der Waals surface area contributed by atoms with Gasteiger partial charge in [0.05, 0.1) is 27.7 Å². The molecule has 2 aromatic heterocycles. The molecule has 1 saturated carbocycles. The summed E-state index contributed by atoms with van der Waals surface area (Å²) in [7, 11) is 3.51. The summed E-state index contributed by atoms with van der Waals surface area (Å²) < 4.78 is 2.17. The molecule has 3 aliphatic rings. The second-order valence-corrected chi connectivity index (χ2v) is 21.9. The quantitative estimate of drug-likeness (QED) is 0.0590. The van der Waals surface area contributed by atoms with E-state index in [1.54, 1.807) is 42.5 Å². The summed E-state index contributed by atoms with van der Waals surface area (Å²) in [5.74, 6) is -1.49. The van der Waals surface area contributed by atoms with E-state index in [4.69, 9.17) is 0 Å². The number of nitrogens with zero attached hydrogens (tertiary/aromatic N) is 5. The van der Waals surface area contributed by atoms with Crippen molar-refractivity contribution in [1.29, 1.82) is 0 Å². The van der Waals surface area contributed by atoms with Gasteiger partial charge in [-0.1, -0.05) is 69.3 Å². The largest absolute Gasteiger partial charge is 0.391 e. The maximum absolute atomic E-state index is 14.1. The standard InChI is InChI=1S/C56H69N9O7S/c1-36-49(73-35-59-36)40-18-12-37(13-19-40)31-58-52(70)45-30-43(66)34-65(45)54(72)50(55(2,3)4)61-48(68)11-8-7-10-47(67)60-42-22-16-38(17-23-42)32-57-51(69)44-24-25-46-56(26-9-27-56)63(28-29-64(44)46)33-39-14-20-41(21-15-39)53(71)62(5)6/h12-25,35,43,45,50,66H,7-11,26-34H2,1-6H3,(H,57,69)(H,58,70)(H,60,67)(H,61,68)/t43-,45+,50-/m1/s1. The van der Waals surface area contributed by atoms with Gasteiger partial charge in [0.15, 0.2) is 0 Å². The first-order valence-electron chi connectivity index (χ1n) is 25.4. The van der Waals surface area contributed by atoms with Gasteiger partial charge in [-0.2, -0.15) is 0 Å². The van der Waals surface area contributed by atoms with E-state index in [1.807, 2.05) is 99.9 Å². The summed E-state index contributed by atoms with van der Waals surface area (Å²) >= 11 is 1.57. The number of hydrogen-bond acceptors (Lipinski definition) is 10. The average molecular weight is 1010 g/mol. The van der Waals surface area contributed by atoms with Gasteiger partial charge in [-0.05, 0) is 103 Å². The molecule has 5 aromatic rings. The molecule has 73 heavy (non-hydrogen) atoms. The van der Waals surface area contributed by atoms with E-state index < -0.39 is 29.5 Å². The Balaban J connectivity index is 0.756. The molecule has 8 rings (SSSR count). The van der Waals surface area contributed by atoms with Gasteiger partial charge in [-0.15, -0.1) is 11.3 Å². The lowest BCUT2D eigenvalue weighted by Gasteiger charge is -2.53. The van der Waals surface area contributed by atoms with Crippen LogP contribution in [0.1, 0.15) is 121 Å². The van der Waals surface area contributed by atoms with Crippen molar-refractivity contribution in [2.24, 2.45) is 5.41 Å². The van der Waals surface area contributed by atoms with Crippen molar-refractivity contribution in [3.05, 3.63) is 130 Å².